The predicted octanol–water partition coefficient (Wildman–Crippen LogP) is 3.89. The molecule has 0 aliphatic rings. The Morgan fingerprint density at radius 3 is 2.59 bits per heavy atom. The Hall–Kier alpha value is -3.02. The molecular weight excluding hydrogens is 410 g/mol. The number of nitriles is 1. The lowest BCUT2D eigenvalue weighted by Crippen LogP contribution is -2.35. The summed E-state index contributed by atoms with van der Waals surface area (Å²) in [5.74, 6) is 0.135. The van der Waals surface area contributed by atoms with E-state index in [0.29, 0.717) is 17.1 Å². The topological polar surface area (TPSA) is 109 Å². The summed E-state index contributed by atoms with van der Waals surface area (Å²) in [7, 11) is 0. The number of rotatable bonds is 7. The standard InChI is InChI=1S/C20H18ClN5O2S/c1-13(29-17-5-3-2-4-16(17)21)19(27)26(12-18-24-25-20(23)28-18)11-15-8-6-14(10-22)7-9-15/h2-9,13H,11-12H2,1H3,(H2,23,25)/t13-/m0/s1. The first-order valence-corrected chi connectivity index (χ1v) is 9.99. The largest absolute Gasteiger partial charge is 0.406 e. The Morgan fingerprint density at radius 1 is 1.24 bits per heavy atom. The van der Waals surface area contributed by atoms with Gasteiger partial charge in [-0.05, 0) is 36.8 Å². The van der Waals surface area contributed by atoms with Crippen molar-refractivity contribution in [1.82, 2.24) is 15.1 Å². The van der Waals surface area contributed by atoms with Crippen molar-refractivity contribution in [2.45, 2.75) is 30.2 Å². The molecule has 1 atom stereocenters. The molecule has 0 radical (unpaired) electrons. The fourth-order valence-electron chi connectivity index (χ4n) is 2.65. The van der Waals surface area contributed by atoms with E-state index in [2.05, 4.69) is 16.3 Å². The van der Waals surface area contributed by atoms with E-state index in [4.69, 9.17) is 27.0 Å². The molecule has 9 heteroatoms. The quantitative estimate of drug-likeness (QED) is 0.569. The molecule has 1 aromatic heterocycles. The maximum Gasteiger partial charge on any atom is 0.312 e. The molecule has 2 aromatic carbocycles. The van der Waals surface area contributed by atoms with Gasteiger partial charge in [0.2, 0.25) is 11.8 Å². The van der Waals surface area contributed by atoms with Crippen molar-refractivity contribution >= 4 is 35.3 Å². The number of halogens is 1. The first-order chi connectivity index (χ1) is 14.0. The molecule has 0 spiro atoms. The van der Waals surface area contributed by atoms with Crippen molar-refractivity contribution in [2.75, 3.05) is 5.73 Å². The number of hydrogen-bond acceptors (Lipinski definition) is 7. The highest BCUT2D eigenvalue weighted by Gasteiger charge is 2.24. The zero-order valence-electron chi connectivity index (χ0n) is 15.6. The average molecular weight is 428 g/mol. The van der Waals surface area contributed by atoms with Gasteiger partial charge in [-0.15, -0.1) is 16.9 Å². The van der Waals surface area contributed by atoms with Crippen LogP contribution in [0.3, 0.4) is 0 Å². The third-order valence-corrected chi connectivity index (χ3v) is 5.67. The first kappa shape index (κ1) is 20.7. The van der Waals surface area contributed by atoms with Gasteiger partial charge in [-0.2, -0.15) is 5.26 Å². The van der Waals surface area contributed by atoms with Crippen molar-refractivity contribution in [2.24, 2.45) is 0 Å². The fourth-order valence-corrected chi connectivity index (χ4v) is 3.89. The van der Waals surface area contributed by atoms with E-state index in [1.54, 1.807) is 23.1 Å². The second-order valence-corrected chi connectivity index (χ2v) is 8.02. The van der Waals surface area contributed by atoms with Crippen LogP contribution in [0.25, 0.3) is 0 Å². The van der Waals surface area contributed by atoms with E-state index in [-0.39, 0.29) is 24.4 Å². The lowest BCUT2D eigenvalue weighted by Gasteiger charge is -2.24. The Labute approximate surface area is 177 Å². The molecule has 2 N–H and O–H groups in total. The maximum atomic E-state index is 13.2. The van der Waals surface area contributed by atoms with E-state index in [0.717, 1.165) is 10.5 Å². The Bertz CT molecular complexity index is 1030. The van der Waals surface area contributed by atoms with E-state index in [1.165, 1.54) is 11.8 Å². The monoisotopic (exact) mass is 427 g/mol. The van der Waals surface area contributed by atoms with Crippen LogP contribution in [0.2, 0.25) is 5.02 Å². The number of carbonyl (C=O) groups excluding carboxylic acids is 1. The minimum atomic E-state index is -0.395. The number of carbonyl (C=O) groups is 1. The predicted molar refractivity (Wildman–Crippen MR) is 111 cm³/mol. The van der Waals surface area contributed by atoms with E-state index in [9.17, 15) is 4.79 Å². The smallest absolute Gasteiger partial charge is 0.312 e. The van der Waals surface area contributed by atoms with Gasteiger partial charge in [-0.25, -0.2) is 0 Å². The van der Waals surface area contributed by atoms with E-state index in [1.807, 2.05) is 37.3 Å². The molecule has 0 saturated carbocycles. The molecule has 0 saturated heterocycles. The normalized spacial score (nSPS) is 11.6. The van der Waals surface area contributed by atoms with Gasteiger partial charge >= 0.3 is 6.01 Å². The molecule has 3 aromatic rings. The number of nitrogen functional groups attached to an aromatic ring is 1. The van der Waals surface area contributed by atoms with Crippen molar-refractivity contribution in [3.05, 3.63) is 70.6 Å². The minimum absolute atomic E-state index is 0.0516. The van der Waals surface area contributed by atoms with Gasteiger partial charge in [0.05, 0.1) is 28.5 Å². The Morgan fingerprint density at radius 2 is 1.97 bits per heavy atom. The molecule has 0 aliphatic heterocycles. The Balaban J connectivity index is 1.79. The van der Waals surface area contributed by atoms with E-state index < -0.39 is 5.25 Å². The summed E-state index contributed by atoms with van der Waals surface area (Å²) in [6.45, 7) is 2.26. The number of benzene rings is 2. The molecule has 148 valence electrons. The first-order valence-electron chi connectivity index (χ1n) is 8.73. The van der Waals surface area contributed by atoms with Gasteiger partial charge in [0.25, 0.3) is 0 Å². The second-order valence-electron chi connectivity index (χ2n) is 6.23. The second kappa shape index (κ2) is 9.45. The van der Waals surface area contributed by atoms with Crippen LogP contribution in [-0.4, -0.2) is 26.3 Å². The molecule has 3 rings (SSSR count). The molecule has 1 heterocycles. The Kier molecular flexibility index (Phi) is 6.75. The highest BCUT2D eigenvalue weighted by molar-refractivity contribution is 8.00. The fraction of sp³-hybridized carbons (Fsp3) is 0.200. The van der Waals surface area contributed by atoms with Gasteiger partial charge in [-0.3, -0.25) is 4.79 Å². The van der Waals surface area contributed by atoms with Crippen LogP contribution in [0.5, 0.6) is 0 Å². The SMILES string of the molecule is C[C@H](Sc1ccccc1Cl)C(=O)N(Cc1ccc(C#N)cc1)Cc1nnc(N)o1. The number of nitrogens with two attached hydrogens (primary N) is 1. The lowest BCUT2D eigenvalue weighted by atomic mass is 10.1. The van der Waals surface area contributed by atoms with Crippen LogP contribution in [0.4, 0.5) is 6.01 Å². The van der Waals surface area contributed by atoms with Crippen LogP contribution in [0.15, 0.2) is 57.8 Å². The number of hydrogen-bond donors (Lipinski definition) is 1. The number of amides is 1. The van der Waals surface area contributed by atoms with Crippen molar-refractivity contribution in [3.8, 4) is 6.07 Å². The van der Waals surface area contributed by atoms with Crippen LogP contribution in [0.1, 0.15) is 23.9 Å². The molecule has 0 unspecified atom stereocenters. The van der Waals surface area contributed by atoms with Crippen LogP contribution in [0, 0.1) is 11.3 Å². The van der Waals surface area contributed by atoms with E-state index >= 15 is 0 Å². The van der Waals surface area contributed by atoms with Gasteiger partial charge < -0.3 is 15.1 Å². The molecule has 7 nitrogen and oxygen atoms in total. The summed E-state index contributed by atoms with van der Waals surface area (Å²) < 4.78 is 5.25. The minimum Gasteiger partial charge on any atom is -0.406 e. The molecule has 1 amide bonds. The summed E-state index contributed by atoms with van der Waals surface area (Å²) in [5.41, 5.74) is 6.93. The molecule has 29 heavy (non-hydrogen) atoms. The molecule has 0 bridgehead atoms. The van der Waals surface area contributed by atoms with Crippen LogP contribution >= 0.6 is 23.4 Å². The summed E-state index contributed by atoms with van der Waals surface area (Å²) in [5, 5.41) is 16.7. The van der Waals surface area contributed by atoms with Gasteiger partial charge in [0.15, 0.2) is 0 Å². The summed E-state index contributed by atoms with van der Waals surface area (Å²) in [4.78, 5) is 15.6. The van der Waals surface area contributed by atoms with Crippen LogP contribution < -0.4 is 5.73 Å². The summed E-state index contributed by atoms with van der Waals surface area (Å²) >= 11 is 7.61. The summed E-state index contributed by atoms with van der Waals surface area (Å²) in [6, 6.07) is 16.5. The van der Waals surface area contributed by atoms with Crippen molar-refractivity contribution in [1.29, 1.82) is 5.26 Å². The number of anilines is 1. The number of thioether (sulfide) groups is 1. The van der Waals surface area contributed by atoms with Gasteiger partial charge in [0, 0.05) is 11.4 Å². The highest BCUT2D eigenvalue weighted by Crippen LogP contribution is 2.31. The number of aromatic nitrogens is 2. The van der Waals surface area contributed by atoms with Gasteiger partial charge in [-0.1, -0.05) is 41.0 Å². The third-order valence-electron chi connectivity index (χ3n) is 4.06. The lowest BCUT2D eigenvalue weighted by molar-refractivity contribution is -0.131. The maximum absolute atomic E-state index is 13.2. The zero-order valence-corrected chi connectivity index (χ0v) is 17.2. The summed E-state index contributed by atoms with van der Waals surface area (Å²) in [6.07, 6.45) is 0. The van der Waals surface area contributed by atoms with Gasteiger partial charge in [0.1, 0.15) is 0 Å². The number of nitrogens with zero attached hydrogens (tertiary/aromatic N) is 4. The molecular formula is C20H18ClN5O2S. The van der Waals surface area contributed by atoms with Crippen LogP contribution in [-0.2, 0) is 17.9 Å². The van der Waals surface area contributed by atoms with Crippen molar-refractivity contribution < 1.29 is 9.21 Å². The molecule has 0 fully saturated rings. The highest BCUT2D eigenvalue weighted by atomic mass is 35.5. The third kappa shape index (κ3) is 5.50. The average Bonchev–Trinajstić information content (AvgIpc) is 3.14. The zero-order chi connectivity index (χ0) is 20.8. The molecule has 0 aliphatic carbocycles. The van der Waals surface area contributed by atoms with Crippen molar-refractivity contribution in [3.63, 3.8) is 0 Å².